The van der Waals surface area contributed by atoms with Crippen LogP contribution >= 0.6 is 0 Å². The summed E-state index contributed by atoms with van der Waals surface area (Å²) in [6, 6.07) is 1.92. The summed E-state index contributed by atoms with van der Waals surface area (Å²) in [5, 5.41) is 22.9. The number of halogens is 2. The third-order valence-electron chi connectivity index (χ3n) is 3.45. The molecule has 1 aliphatic heterocycles. The van der Waals surface area contributed by atoms with Gasteiger partial charge in [0.25, 0.3) is 0 Å². The van der Waals surface area contributed by atoms with Gasteiger partial charge in [-0.1, -0.05) is 0 Å². The van der Waals surface area contributed by atoms with Crippen LogP contribution in [-0.2, 0) is 4.74 Å². The van der Waals surface area contributed by atoms with Gasteiger partial charge < -0.3 is 14.8 Å². The van der Waals surface area contributed by atoms with Crippen molar-refractivity contribution in [2.75, 3.05) is 6.61 Å². The molecular formula is C12H13BF2N2O3. The maximum Gasteiger partial charge on any atom is 0.510 e. The number of fused-ring (bicyclic) bond motifs is 1. The van der Waals surface area contributed by atoms with Crippen molar-refractivity contribution in [1.82, 2.24) is 9.78 Å². The van der Waals surface area contributed by atoms with E-state index in [0.29, 0.717) is 18.5 Å². The van der Waals surface area contributed by atoms with Crippen molar-refractivity contribution >= 4 is 23.6 Å². The molecule has 2 heterocycles. The minimum absolute atomic E-state index is 0.104. The van der Waals surface area contributed by atoms with E-state index in [4.69, 9.17) is 4.74 Å². The minimum atomic E-state index is -1.85. The number of ether oxygens (including phenoxy) is 1. The number of hydrogen-bond acceptors (Lipinski definition) is 4. The molecule has 5 nitrogen and oxygen atoms in total. The Labute approximate surface area is 113 Å². The highest BCUT2D eigenvalue weighted by atomic mass is 19.2. The highest BCUT2D eigenvalue weighted by molar-refractivity contribution is 6.60. The normalized spacial score (nSPS) is 19.5. The number of aromatic nitrogens is 2. The molecule has 8 heteroatoms. The van der Waals surface area contributed by atoms with Gasteiger partial charge in [0.15, 0.2) is 17.9 Å². The molecule has 2 N–H and O–H groups in total. The molecule has 1 atom stereocenters. The summed E-state index contributed by atoms with van der Waals surface area (Å²) in [7, 11) is -1.85. The second-order valence-electron chi connectivity index (χ2n) is 4.81. The van der Waals surface area contributed by atoms with Crippen LogP contribution in [0.1, 0.15) is 25.5 Å². The van der Waals surface area contributed by atoms with Gasteiger partial charge in [-0.3, -0.25) is 0 Å². The van der Waals surface area contributed by atoms with Crippen molar-refractivity contribution in [3.05, 3.63) is 23.8 Å². The average molecular weight is 282 g/mol. The van der Waals surface area contributed by atoms with Gasteiger partial charge in [-0.05, 0) is 25.3 Å². The second kappa shape index (κ2) is 5.12. The fourth-order valence-electron chi connectivity index (χ4n) is 2.48. The molecule has 0 bridgehead atoms. The van der Waals surface area contributed by atoms with Crippen molar-refractivity contribution in [1.29, 1.82) is 0 Å². The van der Waals surface area contributed by atoms with E-state index in [1.807, 2.05) is 0 Å². The van der Waals surface area contributed by atoms with Crippen LogP contribution in [0.25, 0.3) is 10.9 Å². The summed E-state index contributed by atoms with van der Waals surface area (Å²) in [5.74, 6) is -2.06. The first kappa shape index (κ1) is 13.5. The lowest BCUT2D eigenvalue weighted by Gasteiger charge is -2.23. The molecule has 2 aromatic rings. The van der Waals surface area contributed by atoms with E-state index in [9.17, 15) is 18.8 Å². The minimum Gasteiger partial charge on any atom is -0.422 e. The Hall–Kier alpha value is -1.51. The Morgan fingerprint density at radius 1 is 1.25 bits per heavy atom. The fraction of sp³-hybridized carbons (Fsp3) is 0.417. The lowest BCUT2D eigenvalue weighted by atomic mass is 9.84. The van der Waals surface area contributed by atoms with Crippen LogP contribution in [0, 0.1) is 11.6 Å². The van der Waals surface area contributed by atoms with Gasteiger partial charge in [-0.15, -0.1) is 0 Å². The summed E-state index contributed by atoms with van der Waals surface area (Å²) in [6.45, 7) is 0.562. The smallest absolute Gasteiger partial charge is 0.422 e. The van der Waals surface area contributed by atoms with E-state index in [1.54, 1.807) is 0 Å². The highest BCUT2D eigenvalue weighted by Crippen LogP contribution is 2.26. The Kier molecular flexibility index (Phi) is 3.45. The first-order valence-corrected chi connectivity index (χ1v) is 6.43. The van der Waals surface area contributed by atoms with Gasteiger partial charge in [-0.2, -0.15) is 5.10 Å². The predicted molar refractivity (Wildman–Crippen MR) is 68.3 cm³/mol. The monoisotopic (exact) mass is 282 g/mol. The quantitative estimate of drug-likeness (QED) is 0.795. The molecule has 106 valence electrons. The second-order valence-corrected chi connectivity index (χ2v) is 4.81. The topological polar surface area (TPSA) is 67.5 Å². The van der Waals surface area contributed by atoms with Crippen LogP contribution in [-0.4, -0.2) is 33.6 Å². The molecule has 1 unspecified atom stereocenters. The van der Waals surface area contributed by atoms with Crippen molar-refractivity contribution < 1.29 is 23.6 Å². The van der Waals surface area contributed by atoms with Gasteiger partial charge in [0.1, 0.15) is 5.59 Å². The summed E-state index contributed by atoms with van der Waals surface area (Å²) < 4.78 is 33.7. The number of hydrogen-bond donors (Lipinski definition) is 2. The van der Waals surface area contributed by atoms with Crippen LogP contribution in [0.4, 0.5) is 8.78 Å². The van der Waals surface area contributed by atoms with Crippen molar-refractivity contribution in [2.45, 2.75) is 25.5 Å². The molecule has 0 aliphatic carbocycles. The zero-order chi connectivity index (χ0) is 14.3. The van der Waals surface area contributed by atoms with Crippen molar-refractivity contribution in [3.8, 4) is 0 Å². The molecule has 0 spiro atoms. The number of rotatable bonds is 2. The van der Waals surface area contributed by atoms with E-state index >= 15 is 0 Å². The van der Waals surface area contributed by atoms with Gasteiger partial charge in [0.2, 0.25) is 0 Å². The van der Waals surface area contributed by atoms with Gasteiger partial charge in [-0.25, -0.2) is 13.5 Å². The van der Waals surface area contributed by atoms with Crippen LogP contribution < -0.4 is 5.59 Å². The van der Waals surface area contributed by atoms with Crippen molar-refractivity contribution in [2.24, 2.45) is 0 Å². The largest absolute Gasteiger partial charge is 0.510 e. The Morgan fingerprint density at radius 2 is 2.00 bits per heavy atom. The lowest BCUT2D eigenvalue weighted by Crippen LogP contribution is -2.33. The summed E-state index contributed by atoms with van der Waals surface area (Å²) in [5.41, 5.74) is 0.187. The molecule has 1 fully saturated rings. The number of benzene rings is 1. The molecule has 1 saturated heterocycles. The molecule has 3 rings (SSSR count). The zero-order valence-electron chi connectivity index (χ0n) is 10.6. The standard InChI is InChI=1S/C12H13BF2N2O3/c14-8-5-7-10(6-9(8)15)17(16-12(7)13(18)19)11-3-1-2-4-20-11/h5-6,11,18-19H,1-4H2. The van der Waals surface area contributed by atoms with Crippen LogP contribution in [0.5, 0.6) is 0 Å². The SMILES string of the molecule is OB(O)c1nn(C2CCCCO2)c2cc(F)c(F)cc12. The van der Waals surface area contributed by atoms with E-state index in [1.165, 1.54) is 4.68 Å². The molecule has 0 radical (unpaired) electrons. The molecule has 1 aromatic carbocycles. The fourth-order valence-corrected chi connectivity index (χ4v) is 2.48. The molecule has 1 aromatic heterocycles. The third-order valence-corrected chi connectivity index (χ3v) is 3.45. The highest BCUT2D eigenvalue weighted by Gasteiger charge is 2.27. The maximum atomic E-state index is 13.4. The van der Waals surface area contributed by atoms with Gasteiger partial charge in [0, 0.05) is 18.1 Å². The first-order valence-electron chi connectivity index (χ1n) is 6.43. The summed E-state index contributed by atoms with van der Waals surface area (Å²) in [4.78, 5) is 0. The number of nitrogens with zero attached hydrogens (tertiary/aromatic N) is 2. The molecular weight excluding hydrogens is 269 g/mol. The summed E-state index contributed by atoms with van der Waals surface area (Å²) in [6.07, 6.45) is 2.17. The molecule has 20 heavy (non-hydrogen) atoms. The zero-order valence-corrected chi connectivity index (χ0v) is 10.6. The molecule has 0 amide bonds. The molecule has 1 aliphatic rings. The Morgan fingerprint density at radius 3 is 2.65 bits per heavy atom. The average Bonchev–Trinajstić information content (AvgIpc) is 2.79. The van der Waals surface area contributed by atoms with E-state index < -0.39 is 25.0 Å². The van der Waals surface area contributed by atoms with Gasteiger partial charge in [0.05, 0.1) is 5.52 Å². The Bertz CT molecular complexity index is 641. The van der Waals surface area contributed by atoms with Crippen LogP contribution in [0.3, 0.4) is 0 Å². The first-order chi connectivity index (χ1) is 9.58. The van der Waals surface area contributed by atoms with E-state index in [2.05, 4.69) is 5.10 Å². The van der Waals surface area contributed by atoms with Crippen molar-refractivity contribution in [3.63, 3.8) is 0 Å². The third kappa shape index (κ3) is 2.19. The summed E-state index contributed by atoms with van der Waals surface area (Å²) >= 11 is 0. The Balaban J connectivity index is 2.18. The van der Waals surface area contributed by atoms with E-state index in [-0.39, 0.29) is 11.0 Å². The van der Waals surface area contributed by atoms with Gasteiger partial charge >= 0.3 is 7.12 Å². The maximum absolute atomic E-state index is 13.4. The van der Waals surface area contributed by atoms with Crippen LogP contribution in [0.15, 0.2) is 12.1 Å². The lowest BCUT2D eigenvalue weighted by molar-refractivity contribution is -0.0364. The predicted octanol–water partition coefficient (Wildman–Crippen LogP) is 0.693. The van der Waals surface area contributed by atoms with E-state index in [0.717, 1.165) is 25.0 Å². The van der Waals surface area contributed by atoms with Crippen LogP contribution in [0.2, 0.25) is 0 Å². The molecule has 0 saturated carbocycles.